The summed E-state index contributed by atoms with van der Waals surface area (Å²) in [5, 5.41) is 6.08. The predicted molar refractivity (Wildman–Crippen MR) is 96.2 cm³/mol. The topological polar surface area (TPSA) is 79.9 Å². The first-order valence-electron chi connectivity index (χ1n) is 8.33. The molecular weight excluding hydrogens is 346 g/mol. The Bertz CT molecular complexity index is 587. The molecule has 2 fully saturated rings. The SMILES string of the molecule is Cl.O=C(Nc1ccccc1OCC(=O)N1CCOCC1)C1CCNC1. The van der Waals surface area contributed by atoms with Gasteiger partial charge in [-0.1, -0.05) is 12.1 Å². The fourth-order valence-corrected chi connectivity index (χ4v) is 2.85. The second kappa shape index (κ2) is 9.60. The first kappa shape index (κ1) is 19.5. The van der Waals surface area contributed by atoms with Crippen LogP contribution in [0.3, 0.4) is 0 Å². The van der Waals surface area contributed by atoms with E-state index in [0.29, 0.717) is 44.3 Å². The number of hydrogen-bond acceptors (Lipinski definition) is 5. The molecule has 0 aliphatic carbocycles. The van der Waals surface area contributed by atoms with Crippen LogP contribution in [0.4, 0.5) is 5.69 Å². The molecule has 0 saturated carbocycles. The van der Waals surface area contributed by atoms with Gasteiger partial charge in [0, 0.05) is 19.6 Å². The molecule has 7 nitrogen and oxygen atoms in total. The standard InChI is InChI=1S/C17H23N3O4.ClH/c21-16(20-7-9-23-10-8-20)12-24-15-4-2-1-3-14(15)19-17(22)13-5-6-18-11-13;/h1-4,13,18H,5-12H2,(H,19,22);1H. The lowest BCUT2D eigenvalue weighted by molar-refractivity contribution is -0.137. The summed E-state index contributed by atoms with van der Waals surface area (Å²) < 4.78 is 10.9. The zero-order valence-electron chi connectivity index (χ0n) is 14.0. The Balaban J connectivity index is 0.00000225. The number of rotatable bonds is 5. The van der Waals surface area contributed by atoms with E-state index in [1.807, 2.05) is 12.1 Å². The summed E-state index contributed by atoms with van der Waals surface area (Å²) in [6.07, 6.45) is 0.838. The molecule has 1 atom stereocenters. The Morgan fingerprint density at radius 2 is 2.04 bits per heavy atom. The van der Waals surface area contributed by atoms with Gasteiger partial charge in [-0.05, 0) is 25.1 Å². The predicted octanol–water partition coefficient (Wildman–Crippen LogP) is 0.894. The van der Waals surface area contributed by atoms with Gasteiger partial charge in [-0.3, -0.25) is 9.59 Å². The molecule has 3 rings (SSSR count). The highest BCUT2D eigenvalue weighted by Crippen LogP contribution is 2.25. The van der Waals surface area contributed by atoms with Crippen molar-refractivity contribution in [1.29, 1.82) is 0 Å². The van der Waals surface area contributed by atoms with Gasteiger partial charge in [-0.25, -0.2) is 0 Å². The molecule has 2 aliphatic rings. The molecule has 2 N–H and O–H groups in total. The van der Waals surface area contributed by atoms with Crippen molar-refractivity contribution in [2.45, 2.75) is 6.42 Å². The summed E-state index contributed by atoms with van der Waals surface area (Å²) in [5.41, 5.74) is 0.601. The highest BCUT2D eigenvalue weighted by atomic mass is 35.5. The molecule has 2 saturated heterocycles. The molecule has 1 aromatic carbocycles. The number of morpholine rings is 1. The number of carbonyl (C=O) groups is 2. The van der Waals surface area contributed by atoms with Crippen molar-refractivity contribution in [1.82, 2.24) is 10.2 Å². The van der Waals surface area contributed by atoms with Crippen molar-refractivity contribution < 1.29 is 19.1 Å². The third kappa shape index (κ3) is 5.32. The number of para-hydroxylation sites is 2. The van der Waals surface area contributed by atoms with Crippen LogP contribution in [0.2, 0.25) is 0 Å². The number of nitrogens with one attached hydrogen (secondary N) is 2. The van der Waals surface area contributed by atoms with E-state index < -0.39 is 0 Å². The number of hydrogen-bond donors (Lipinski definition) is 2. The summed E-state index contributed by atoms with van der Waals surface area (Å²) in [6, 6.07) is 7.20. The van der Waals surface area contributed by atoms with Crippen molar-refractivity contribution in [3.63, 3.8) is 0 Å². The van der Waals surface area contributed by atoms with E-state index >= 15 is 0 Å². The molecule has 1 unspecified atom stereocenters. The van der Waals surface area contributed by atoms with Gasteiger partial charge >= 0.3 is 0 Å². The summed E-state index contributed by atoms with van der Waals surface area (Å²) in [7, 11) is 0. The Hall–Kier alpha value is -1.83. The highest BCUT2D eigenvalue weighted by Gasteiger charge is 2.23. The van der Waals surface area contributed by atoms with Crippen LogP contribution < -0.4 is 15.4 Å². The highest BCUT2D eigenvalue weighted by molar-refractivity contribution is 5.94. The van der Waals surface area contributed by atoms with E-state index in [1.165, 1.54) is 0 Å². The van der Waals surface area contributed by atoms with Crippen LogP contribution in [0, 0.1) is 5.92 Å². The smallest absolute Gasteiger partial charge is 0.260 e. The molecule has 0 bridgehead atoms. The molecule has 25 heavy (non-hydrogen) atoms. The molecule has 2 heterocycles. The van der Waals surface area contributed by atoms with E-state index in [9.17, 15) is 9.59 Å². The van der Waals surface area contributed by atoms with Crippen molar-refractivity contribution in [2.24, 2.45) is 5.92 Å². The minimum absolute atomic E-state index is 0. The normalized spacial score (nSPS) is 19.8. The number of anilines is 1. The molecular formula is C17H24ClN3O4. The minimum Gasteiger partial charge on any atom is -0.482 e. The number of nitrogens with zero attached hydrogens (tertiary/aromatic N) is 1. The summed E-state index contributed by atoms with van der Waals surface area (Å²) in [6.45, 7) is 3.83. The lowest BCUT2D eigenvalue weighted by Crippen LogP contribution is -2.43. The zero-order valence-corrected chi connectivity index (χ0v) is 14.8. The Labute approximate surface area is 153 Å². The van der Waals surface area contributed by atoms with Crippen LogP contribution in [0.15, 0.2) is 24.3 Å². The van der Waals surface area contributed by atoms with Crippen molar-refractivity contribution >= 4 is 29.9 Å². The number of ether oxygens (including phenoxy) is 2. The van der Waals surface area contributed by atoms with E-state index in [0.717, 1.165) is 13.0 Å². The molecule has 138 valence electrons. The second-order valence-corrected chi connectivity index (χ2v) is 5.96. The van der Waals surface area contributed by atoms with Gasteiger partial charge in [0.15, 0.2) is 6.61 Å². The van der Waals surface area contributed by atoms with Crippen molar-refractivity contribution in [3.05, 3.63) is 24.3 Å². The average Bonchev–Trinajstić information content (AvgIpc) is 3.16. The van der Waals surface area contributed by atoms with Gasteiger partial charge in [0.25, 0.3) is 5.91 Å². The fourth-order valence-electron chi connectivity index (χ4n) is 2.85. The minimum atomic E-state index is -0.0700. The number of benzene rings is 1. The number of carbonyl (C=O) groups excluding carboxylic acids is 2. The molecule has 1 aromatic rings. The maximum Gasteiger partial charge on any atom is 0.260 e. The fraction of sp³-hybridized carbons (Fsp3) is 0.529. The van der Waals surface area contributed by atoms with Crippen LogP contribution in [-0.4, -0.2) is 62.7 Å². The van der Waals surface area contributed by atoms with Gasteiger partial charge in [0.2, 0.25) is 5.91 Å². The third-order valence-electron chi connectivity index (χ3n) is 4.29. The van der Waals surface area contributed by atoms with E-state index in [2.05, 4.69) is 10.6 Å². The van der Waals surface area contributed by atoms with E-state index in [1.54, 1.807) is 17.0 Å². The largest absolute Gasteiger partial charge is 0.482 e. The Morgan fingerprint density at radius 3 is 2.76 bits per heavy atom. The van der Waals surface area contributed by atoms with Gasteiger partial charge in [-0.15, -0.1) is 12.4 Å². The van der Waals surface area contributed by atoms with Gasteiger partial charge in [-0.2, -0.15) is 0 Å². The lowest BCUT2D eigenvalue weighted by atomic mass is 10.1. The average molecular weight is 370 g/mol. The zero-order chi connectivity index (χ0) is 16.8. The van der Waals surface area contributed by atoms with E-state index in [4.69, 9.17) is 9.47 Å². The summed E-state index contributed by atoms with van der Waals surface area (Å²) in [5.74, 6) is 0.404. The number of halogens is 1. The van der Waals surface area contributed by atoms with Crippen LogP contribution in [-0.2, 0) is 14.3 Å². The van der Waals surface area contributed by atoms with E-state index in [-0.39, 0.29) is 36.7 Å². The molecule has 2 aliphatic heterocycles. The molecule has 0 radical (unpaired) electrons. The monoisotopic (exact) mass is 369 g/mol. The summed E-state index contributed by atoms with van der Waals surface area (Å²) in [4.78, 5) is 26.2. The molecule has 0 spiro atoms. The van der Waals surface area contributed by atoms with Gasteiger partial charge in [0.1, 0.15) is 5.75 Å². The lowest BCUT2D eigenvalue weighted by Gasteiger charge is -2.26. The maximum atomic E-state index is 12.3. The molecule has 2 amide bonds. The third-order valence-corrected chi connectivity index (χ3v) is 4.29. The van der Waals surface area contributed by atoms with Gasteiger partial charge < -0.3 is 25.0 Å². The first-order valence-corrected chi connectivity index (χ1v) is 8.33. The summed E-state index contributed by atoms with van der Waals surface area (Å²) >= 11 is 0. The second-order valence-electron chi connectivity index (χ2n) is 5.96. The first-order chi connectivity index (χ1) is 11.7. The van der Waals surface area contributed by atoms with Crippen LogP contribution in [0.25, 0.3) is 0 Å². The quantitative estimate of drug-likeness (QED) is 0.806. The molecule has 8 heteroatoms. The Morgan fingerprint density at radius 1 is 1.28 bits per heavy atom. The van der Waals surface area contributed by atoms with Crippen LogP contribution in [0.1, 0.15) is 6.42 Å². The van der Waals surface area contributed by atoms with Crippen LogP contribution >= 0.6 is 12.4 Å². The van der Waals surface area contributed by atoms with Crippen molar-refractivity contribution in [3.8, 4) is 5.75 Å². The van der Waals surface area contributed by atoms with Gasteiger partial charge in [0.05, 0.1) is 24.8 Å². The molecule has 0 aromatic heterocycles. The Kier molecular flexibility index (Phi) is 7.49. The maximum absolute atomic E-state index is 12.3. The number of amides is 2. The van der Waals surface area contributed by atoms with Crippen molar-refractivity contribution in [2.75, 3.05) is 51.3 Å². The van der Waals surface area contributed by atoms with Crippen LogP contribution in [0.5, 0.6) is 5.75 Å².